The van der Waals surface area contributed by atoms with Crippen LogP contribution in [0.4, 0.5) is 0 Å². The van der Waals surface area contributed by atoms with Crippen molar-refractivity contribution in [3.8, 4) is 11.4 Å². The third-order valence-electron chi connectivity index (χ3n) is 3.80. The molecule has 0 amide bonds. The summed E-state index contributed by atoms with van der Waals surface area (Å²) in [6.07, 6.45) is 1.33. The number of nitrogens with one attached hydrogen (secondary N) is 1. The monoisotopic (exact) mass is 337 g/mol. The molecule has 7 heteroatoms. The third kappa shape index (κ3) is 3.97. The second-order valence-electron chi connectivity index (χ2n) is 6.19. The Kier molecular flexibility index (Phi) is 4.91. The van der Waals surface area contributed by atoms with Crippen LogP contribution in [-0.2, 0) is 16.4 Å². The lowest BCUT2D eigenvalue weighted by molar-refractivity contribution is 0.383. The lowest BCUT2D eigenvalue weighted by Gasteiger charge is -2.24. The summed E-state index contributed by atoms with van der Waals surface area (Å²) in [5.74, 6) is 0.920. The van der Waals surface area contributed by atoms with Crippen molar-refractivity contribution in [1.29, 1.82) is 0 Å². The third-order valence-corrected chi connectivity index (χ3v) is 5.64. The van der Waals surface area contributed by atoms with Gasteiger partial charge < -0.3 is 4.52 Å². The van der Waals surface area contributed by atoms with Crippen molar-refractivity contribution in [3.05, 3.63) is 29.7 Å². The molecule has 0 saturated carbocycles. The molecule has 2 aromatic rings. The fraction of sp³-hybridized carbons (Fsp3) is 0.500. The van der Waals surface area contributed by atoms with Crippen LogP contribution in [0, 0.1) is 6.92 Å². The van der Waals surface area contributed by atoms with Gasteiger partial charge in [-0.25, -0.2) is 13.1 Å². The molecule has 23 heavy (non-hydrogen) atoms. The van der Waals surface area contributed by atoms with Gasteiger partial charge in [0.15, 0.2) is 0 Å². The normalized spacial score (nSPS) is 12.6. The zero-order chi connectivity index (χ0) is 17.3. The molecule has 0 radical (unpaired) electrons. The first kappa shape index (κ1) is 17.6. The van der Waals surface area contributed by atoms with E-state index in [0.29, 0.717) is 35.7 Å². The van der Waals surface area contributed by atoms with Gasteiger partial charge in [0.05, 0.1) is 4.90 Å². The van der Waals surface area contributed by atoms with Crippen LogP contribution in [0.2, 0.25) is 0 Å². The van der Waals surface area contributed by atoms with Gasteiger partial charge in [0, 0.05) is 17.5 Å². The van der Waals surface area contributed by atoms with E-state index in [0.717, 1.165) is 0 Å². The summed E-state index contributed by atoms with van der Waals surface area (Å²) < 4.78 is 33.2. The largest absolute Gasteiger partial charge is 0.339 e. The number of rotatable bonds is 6. The molecule has 0 aliphatic rings. The van der Waals surface area contributed by atoms with Gasteiger partial charge in [-0.1, -0.05) is 31.1 Å². The van der Waals surface area contributed by atoms with Crippen molar-refractivity contribution >= 4 is 10.0 Å². The van der Waals surface area contributed by atoms with Crippen LogP contribution in [0.5, 0.6) is 0 Å². The number of benzene rings is 1. The van der Waals surface area contributed by atoms with E-state index < -0.39 is 15.6 Å². The van der Waals surface area contributed by atoms with Crippen molar-refractivity contribution in [2.45, 2.75) is 57.9 Å². The Morgan fingerprint density at radius 1 is 1.26 bits per heavy atom. The molecule has 0 atom stereocenters. The maximum atomic E-state index is 12.7. The number of hydrogen-bond donors (Lipinski definition) is 1. The lowest BCUT2D eigenvalue weighted by Crippen LogP contribution is -2.42. The summed E-state index contributed by atoms with van der Waals surface area (Å²) in [6.45, 7) is 9.34. The van der Waals surface area contributed by atoms with Gasteiger partial charge in [-0.3, -0.25) is 0 Å². The van der Waals surface area contributed by atoms with Crippen LogP contribution in [0.3, 0.4) is 0 Å². The first-order valence-corrected chi connectivity index (χ1v) is 9.14. The Hall–Kier alpha value is -1.73. The molecule has 0 saturated heterocycles. The van der Waals surface area contributed by atoms with E-state index in [1.54, 1.807) is 25.1 Å². The van der Waals surface area contributed by atoms with E-state index in [1.807, 2.05) is 27.7 Å². The fourth-order valence-corrected chi connectivity index (χ4v) is 3.79. The van der Waals surface area contributed by atoms with Crippen LogP contribution in [0.15, 0.2) is 27.6 Å². The van der Waals surface area contributed by atoms with Gasteiger partial charge in [-0.05, 0) is 38.8 Å². The molecule has 6 nitrogen and oxygen atoms in total. The van der Waals surface area contributed by atoms with E-state index >= 15 is 0 Å². The summed E-state index contributed by atoms with van der Waals surface area (Å²) in [5.41, 5.74) is 0.782. The molecule has 126 valence electrons. The number of aromatic nitrogens is 2. The summed E-state index contributed by atoms with van der Waals surface area (Å²) in [4.78, 5) is 4.49. The van der Waals surface area contributed by atoms with Gasteiger partial charge >= 0.3 is 0 Å². The molecule has 0 aliphatic carbocycles. The van der Waals surface area contributed by atoms with Gasteiger partial charge in [-0.15, -0.1) is 0 Å². The van der Waals surface area contributed by atoms with Crippen LogP contribution in [-0.4, -0.2) is 24.1 Å². The standard InChI is InChI=1S/C16H23N3O3S/c1-6-14-17-15(18-22-14)12-9-8-11(3)13(10-12)23(20,21)19-16(4,5)7-2/h8-10,19H,6-7H2,1-5H3. The lowest BCUT2D eigenvalue weighted by atomic mass is 10.0. The van der Waals surface area contributed by atoms with E-state index in [-0.39, 0.29) is 4.90 Å². The highest BCUT2D eigenvalue weighted by Gasteiger charge is 2.26. The quantitative estimate of drug-likeness (QED) is 0.875. The average Bonchev–Trinajstić information content (AvgIpc) is 2.95. The highest BCUT2D eigenvalue weighted by Crippen LogP contribution is 2.24. The zero-order valence-corrected chi connectivity index (χ0v) is 15.0. The first-order valence-electron chi connectivity index (χ1n) is 7.66. The summed E-state index contributed by atoms with van der Waals surface area (Å²) >= 11 is 0. The highest BCUT2D eigenvalue weighted by atomic mass is 32.2. The van der Waals surface area contributed by atoms with Crippen LogP contribution in [0.1, 0.15) is 45.6 Å². The molecular weight excluding hydrogens is 314 g/mol. The summed E-state index contributed by atoms with van der Waals surface area (Å²) in [5, 5.41) is 3.90. The molecule has 2 rings (SSSR count). The number of hydrogen-bond acceptors (Lipinski definition) is 5. The Balaban J connectivity index is 2.45. The van der Waals surface area contributed by atoms with Crippen molar-refractivity contribution < 1.29 is 12.9 Å². The van der Waals surface area contributed by atoms with Crippen LogP contribution in [0.25, 0.3) is 11.4 Å². The van der Waals surface area contributed by atoms with Crippen LogP contribution < -0.4 is 4.72 Å². The average molecular weight is 337 g/mol. The second kappa shape index (κ2) is 6.41. The second-order valence-corrected chi connectivity index (χ2v) is 7.84. The molecule has 1 heterocycles. The van der Waals surface area contributed by atoms with E-state index in [1.165, 1.54) is 0 Å². The number of nitrogens with zero attached hydrogens (tertiary/aromatic N) is 2. The molecule has 0 bridgehead atoms. The highest BCUT2D eigenvalue weighted by molar-refractivity contribution is 7.89. The maximum Gasteiger partial charge on any atom is 0.241 e. The SMILES string of the molecule is CCc1nc(-c2ccc(C)c(S(=O)(=O)NC(C)(C)CC)c2)no1. The van der Waals surface area contributed by atoms with Crippen molar-refractivity contribution in [2.24, 2.45) is 0 Å². The molecule has 0 aliphatic heterocycles. The molecule has 1 aromatic carbocycles. The van der Waals surface area contributed by atoms with E-state index in [4.69, 9.17) is 4.52 Å². The number of sulfonamides is 1. The van der Waals surface area contributed by atoms with Gasteiger partial charge in [0.2, 0.25) is 21.7 Å². The van der Waals surface area contributed by atoms with Crippen molar-refractivity contribution in [2.75, 3.05) is 0 Å². The fourth-order valence-electron chi connectivity index (χ4n) is 2.04. The molecule has 0 spiro atoms. The van der Waals surface area contributed by atoms with Crippen molar-refractivity contribution in [1.82, 2.24) is 14.9 Å². The number of aryl methyl sites for hydroxylation is 2. The van der Waals surface area contributed by atoms with Crippen LogP contribution >= 0.6 is 0 Å². The molecular formula is C16H23N3O3S. The minimum atomic E-state index is -3.63. The Morgan fingerprint density at radius 3 is 2.52 bits per heavy atom. The molecule has 1 aromatic heterocycles. The minimum absolute atomic E-state index is 0.236. The van der Waals surface area contributed by atoms with Crippen molar-refractivity contribution in [3.63, 3.8) is 0 Å². The van der Waals surface area contributed by atoms with E-state index in [9.17, 15) is 8.42 Å². The predicted octanol–water partition coefficient (Wildman–Crippen LogP) is 3.07. The predicted molar refractivity (Wildman–Crippen MR) is 88.5 cm³/mol. The first-order chi connectivity index (χ1) is 10.7. The zero-order valence-electron chi connectivity index (χ0n) is 14.2. The molecule has 0 unspecified atom stereocenters. The van der Waals surface area contributed by atoms with Gasteiger partial charge in [0.25, 0.3) is 0 Å². The minimum Gasteiger partial charge on any atom is -0.339 e. The smallest absolute Gasteiger partial charge is 0.241 e. The van der Waals surface area contributed by atoms with E-state index in [2.05, 4.69) is 14.9 Å². The maximum absolute atomic E-state index is 12.7. The summed E-state index contributed by atoms with van der Waals surface area (Å²) in [7, 11) is -3.63. The Bertz CT molecular complexity index is 795. The van der Waals surface area contributed by atoms with Gasteiger partial charge in [0.1, 0.15) is 0 Å². The van der Waals surface area contributed by atoms with Gasteiger partial charge in [-0.2, -0.15) is 4.98 Å². The molecule has 0 fully saturated rings. The summed E-state index contributed by atoms with van der Waals surface area (Å²) in [6, 6.07) is 5.14. The Labute approximate surface area is 137 Å². The topological polar surface area (TPSA) is 85.1 Å². The molecule has 1 N–H and O–H groups in total. The Morgan fingerprint density at radius 2 is 1.96 bits per heavy atom.